The van der Waals surface area contributed by atoms with Crippen LogP contribution in [0.2, 0.25) is 10.0 Å². The highest BCUT2D eigenvalue weighted by Crippen LogP contribution is 2.33. The summed E-state index contributed by atoms with van der Waals surface area (Å²) in [6.07, 6.45) is 3.85. The molecule has 1 aliphatic carbocycles. The Morgan fingerprint density at radius 3 is 2.38 bits per heavy atom. The summed E-state index contributed by atoms with van der Waals surface area (Å²) in [5, 5.41) is 3.42. The highest BCUT2D eigenvalue weighted by molar-refractivity contribution is 7.92. The van der Waals surface area contributed by atoms with Crippen LogP contribution < -0.4 is 14.4 Å². The van der Waals surface area contributed by atoms with Crippen LogP contribution in [-0.2, 0) is 26.2 Å². The quantitative estimate of drug-likeness (QED) is 0.281. The first-order valence-electron chi connectivity index (χ1n) is 13.8. The normalized spacial score (nSPS) is 14.3. The Labute approximate surface area is 257 Å². The molecule has 42 heavy (non-hydrogen) atoms. The van der Waals surface area contributed by atoms with Gasteiger partial charge in [-0.15, -0.1) is 0 Å². The monoisotopic (exact) mass is 631 g/mol. The number of carbonyl (C=O) groups excluding carboxylic acids is 2. The van der Waals surface area contributed by atoms with Gasteiger partial charge in [-0.1, -0.05) is 65.9 Å². The van der Waals surface area contributed by atoms with E-state index in [1.165, 1.54) is 35.2 Å². The number of methoxy groups -OCH3 is 1. The van der Waals surface area contributed by atoms with Crippen molar-refractivity contribution < 1.29 is 22.7 Å². The smallest absolute Gasteiger partial charge is 0.264 e. The molecule has 0 radical (unpaired) electrons. The van der Waals surface area contributed by atoms with Gasteiger partial charge in [-0.05, 0) is 74.7 Å². The van der Waals surface area contributed by atoms with E-state index in [9.17, 15) is 18.0 Å². The van der Waals surface area contributed by atoms with Crippen molar-refractivity contribution in [3.05, 3.63) is 87.9 Å². The maximum absolute atomic E-state index is 14.1. The fourth-order valence-corrected chi connectivity index (χ4v) is 6.83. The summed E-state index contributed by atoms with van der Waals surface area (Å²) >= 11 is 12.7. The second-order valence-electron chi connectivity index (χ2n) is 10.5. The molecule has 11 heteroatoms. The van der Waals surface area contributed by atoms with Crippen molar-refractivity contribution in [2.75, 3.05) is 18.0 Å². The molecule has 4 rings (SSSR count). The van der Waals surface area contributed by atoms with E-state index in [4.69, 9.17) is 27.9 Å². The first-order valence-corrected chi connectivity index (χ1v) is 16.0. The van der Waals surface area contributed by atoms with Crippen LogP contribution in [0.1, 0.15) is 43.7 Å². The van der Waals surface area contributed by atoms with Gasteiger partial charge in [0.2, 0.25) is 11.8 Å². The fraction of sp³-hybridized carbons (Fsp3) is 0.355. The molecule has 0 heterocycles. The molecule has 0 saturated heterocycles. The Kier molecular flexibility index (Phi) is 10.4. The lowest BCUT2D eigenvalue weighted by atomic mass is 10.1. The van der Waals surface area contributed by atoms with Gasteiger partial charge in [0.05, 0.1) is 22.7 Å². The van der Waals surface area contributed by atoms with E-state index >= 15 is 0 Å². The molecule has 1 N–H and O–H groups in total. The summed E-state index contributed by atoms with van der Waals surface area (Å²) in [7, 11) is -2.72. The molecule has 1 saturated carbocycles. The highest BCUT2D eigenvalue weighted by Gasteiger charge is 2.34. The van der Waals surface area contributed by atoms with Gasteiger partial charge in [0.15, 0.2) is 0 Å². The van der Waals surface area contributed by atoms with Gasteiger partial charge in [-0.3, -0.25) is 13.9 Å². The maximum atomic E-state index is 14.1. The van der Waals surface area contributed by atoms with E-state index in [2.05, 4.69) is 5.32 Å². The summed E-state index contributed by atoms with van der Waals surface area (Å²) in [6.45, 7) is 2.94. The van der Waals surface area contributed by atoms with E-state index in [0.29, 0.717) is 5.75 Å². The summed E-state index contributed by atoms with van der Waals surface area (Å²) in [6, 6.07) is 17.1. The minimum Gasteiger partial charge on any atom is -0.497 e. The van der Waals surface area contributed by atoms with Crippen molar-refractivity contribution in [2.45, 2.75) is 63.1 Å². The minimum absolute atomic E-state index is 0.0108. The number of hydrogen-bond donors (Lipinski definition) is 1. The zero-order valence-corrected chi connectivity index (χ0v) is 26.2. The molecule has 0 spiro atoms. The Morgan fingerprint density at radius 2 is 1.71 bits per heavy atom. The lowest BCUT2D eigenvalue weighted by Crippen LogP contribution is -2.52. The van der Waals surface area contributed by atoms with Crippen molar-refractivity contribution >= 4 is 50.7 Å². The number of aryl methyl sites for hydroxylation is 1. The second kappa shape index (κ2) is 13.8. The highest BCUT2D eigenvalue weighted by atomic mass is 35.5. The molecule has 0 bridgehead atoms. The number of nitrogens with one attached hydrogen (secondary N) is 1. The average Bonchev–Trinajstić information content (AvgIpc) is 3.49. The second-order valence-corrected chi connectivity index (χ2v) is 13.2. The number of sulfonamides is 1. The number of anilines is 1. The zero-order chi connectivity index (χ0) is 30.4. The van der Waals surface area contributed by atoms with Gasteiger partial charge < -0.3 is 15.0 Å². The number of ether oxygens (including phenoxy) is 1. The van der Waals surface area contributed by atoms with Gasteiger partial charge in [0, 0.05) is 17.6 Å². The maximum Gasteiger partial charge on any atom is 0.264 e. The number of nitrogens with zero attached hydrogens (tertiary/aromatic N) is 2. The van der Waals surface area contributed by atoms with Crippen LogP contribution in [0.5, 0.6) is 5.75 Å². The number of benzene rings is 3. The zero-order valence-electron chi connectivity index (χ0n) is 23.8. The molecule has 3 aromatic rings. The van der Waals surface area contributed by atoms with Crippen molar-refractivity contribution in [2.24, 2.45) is 0 Å². The van der Waals surface area contributed by atoms with E-state index in [1.54, 1.807) is 44.4 Å². The molecular weight excluding hydrogens is 597 g/mol. The Balaban J connectivity index is 1.72. The third-order valence-corrected chi connectivity index (χ3v) is 9.75. The van der Waals surface area contributed by atoms with E-state index in [0.717, 1.165) is 41.1 Å². The first kappa shape index (κ1) is 31.7. The van der Waals surface area contributed by atoms with Gasteiger partial charge in [-0.25, -0.2) is 8.42 Å². The molecule has 2 amide bonds. The molecule has 8 nitrogen and oxygen atoms in total. The number of hydrogen-bond acceptors (Lipinski definition) is 5. The van der Waals surface area contributed by atoms with Crippen molar-refractivity contribution in [1.82, 2.24) is 10.2 Å². The first-order chi connectivity index (χ1) is 20.0. The number of halogens is 2. The molecule has 0 aliphatic heterocycles. The molecule has 1 fully saturated rings. The molecule has 0 unspecified atom stereocenters. The molecular formula is C31H35Cl2N3O5S. The number of rotatable bonds is 11. The van der Waals surface area contributed by atoms with E-state index in [-0.39, 0.29) is 39.1 Å². The Bertz CT molecular complexity index is 1530. The van der Waals surface area contributed by atoms with Crippen LogP contribution >= 0.6 is 23.2 Å². The topological polar surface area (TPSA) is 96.0 Å². The molecule has 224 valence electrons. The van der Waals surface area contributed by atoms with Gasteiger partial charge in [0.1, 0.15) is 18.3 Å². The van der Waals surface area contributed by atoms with Crippen LogP contribution in [0.25, 0.3) is 0 Å². The van der Waals surface area contributed by atoms with Gasteiger partial charge >= 0.3 is 0 Å². The van der Waals surface area contributed by atoms with Crippen LogP contribution in [0.4, 0.5) is 5.69 Å². The third-order valence-electron chi connectivity index (χ3n) is 7.42. The molecule has 0 aromatic heterocycles. The van der Waals surface area contributed by atoms with Crippen LogP contribution in [0, 0.1) is 6.92 Å². The minimum atomic E-state index is -4.26. The van der Waals surface area contributed by atoms with Crippen LogP contribution in [-0.4, -0.2) is 50.9 Å². The van der Waals surface area contributed by atoms with Crippen LogP contribution in [0.3, 0.4) is 0 Å². The standard InChI is InChI=1S/C31H35Cl2N3O5S/c1-21-11-14-27(15-12-21)42(39,40)36(29-18-24(32)13-16-28(29)33)20-30(37)35(19-23-7-6-10-26(17-23)41-3)22(2)31(38)34-25-8-4-5-9-25/h6-7,10-18,22,25H,4-5,8-9,19-20H2,1-3H3,(H,34,38)/t22-/m1/s1. The molecule has 1 atom stereocenters. The summed E-state index contributed by atoms with van der Waals surface area (Å²) in [4.78, 5) is 28.9. The summed E-state index contributed by atoms with van der Waals surface area (Å²) < 4.78 is 34.3. The Hall–Kier alpha value is -3.27. The summed E-state index contributed by atoms with van der Waals surface area (Å²) in [5.74, 6) is -0.289. The van der Waals surface area contributed by atoms with Gasteiger partial charge in [0.25, 0.3) is 10.0 Å². The Morgan fingerprint density at radius 1 is 1.02 bits per heavy atom. The fourth-order valence-electron chi connectivity index (χ4n) is 4.97. The predicted octanol–water partition coefficient (Wildman–Crippen LogP) is 5.98. The van der Waals surface area contributed by atoms with Crippen molar-refractivity contribution in [1.29, 1.82) is 0 Å². The average molecular weight is 633 g/mol. The largest absolute Gasteiger partial charge is 0.497 e. The lowest BCUT2D eigenvalue weighted by Gasteiger charge is -2.32. The van der Waals surface area contributed by atoms with Gasteiger partial charge in [-0.2, -0.15) is 0 Å². The third kappa shape index (κ3) is 7.56. The van der Waals surface area contributed by atoms with Crippen molar-refractivity contribution in [3.63, 3.8) is 0 Å². The molecule has 1 aliphatic rings. The number of amides is 2. The predicted molar refractivity (Wildman–Crippen MR) is 166 cm³/mol. The molecule has 3 aromatic carbocycles. The van der Waals surface area contributed by atoms with Crippen LogP contribution in [0.15, 0.2) is 71.6 Å². The van der Waals surface area contributed by atoms with E-state index < -0.39 is 28.5 Å². The summed E-state index contributed by atoms with van der Waals surface area (Å²) in [5.41, 5.74) is 1.66. The van der Waals surface area contributed by atoms with E-state index in [1.807, 2.05) is 13.0 Å². The van der Waals surface area contributed by atoms with Crippen molar-refractivity contribution in [3.8, 4) is 5.75 Å². The SMILES string of the molecule is COc1cccc(CN(C(=O)CN(c2cc(Cl)ccc2Cl)S(=O)(=O)c2ccc(C)cc2)[C@H](C)C(=O)NC2CCCC2)c1. The number of carbonyl (C=O) groups is 2. The lowest BCUT2D eigenvalue weighted by molar-refractivity contribution is -0.139.